The highest BCUT2D eigenvalue weighted by Gasteiger charge is 2.46. The van der Waals surface area contributed by atoms with Crippen LogP contribution < -0.4 is 41.5 Å². The minimum absolute atomic E-state index is 0.0986. The topological polar surface area (TPSA) is 9.86 Å². The first-order valence-electron chi connectivity index (χ1n) is 27.6. The van der Waals surface area contributed by atoms with Crippen molar-refractivity contribution in [1.29, 1.82) is 0 Å². The fraction of sp³-hybridized carbons (Fsp3) is 0.108. The van der Waals surface area contributed by atoms with Gasteiger partial charge < -0.3 is 9.13 Å². The molecular formula is C74H64N2Si2. The Morgan fingerprint density at radius 1 is 0.256 bits per heavy atom. The summed E-state index contributed by atoms with van der Waals surface area (Å²) in [5.74, 6) is 0. The summed E-state index contributed by atoms with van der Waals surface area (Å²) in [4.78, 5) is 0. The fourth-order valence-electron chi connectivity index (χ4n) is 13.1. The van der Waals surface area contributed by atoms with E-state index >= 15 is 0 Å². The van der Waals surface area contributed by atoms with E-state index in [-0.39, 0.29) is 10.8 Å². The average Bonchev–Trinajstić information content (AvgIpc) is 4.08. The Morgan fingerprint density at radius 2 is 0.615 bits per heavy atom. The molecule has 78 heavy (non-hydrogen) atoms. The maximum absolute atomic E-state index is 3.17. The predicted octanol–water partition coefficient (Wildman–Crippen LogP) is 13.2. The zero-order chi connectivity index (χ0) is 53.2. The molecule has 4 heteroatoms. The van der Waals surface area contributed by atoms with Crippen LogP contribution in [0.1, 0.15) is 52.7 Å². The van der Waals surface area contributed by atoms with E-state index in [2.05, 4.69) is 330 Å². The lowest BCUT2D eigenvalue weighted by Crippen LogP contribution is -2.78. The Labute approximate surface area is 461 Å². The van der Waals surface area contributed by atoms with E-state index in [1.807, 2.05) is 0 Å². The van der Waals surface area contributed by atoms with Gasteiger partial charge >= 0.3 is 0 Å². The summed E-state index contributed by atoms with van der Waals surface area (Å²) < 4.78 is 5.16. The summed E-state index contributed by atoms with van der Waals surface area (Å²) in [5.41, 5.74) is 9.53. The largest absolute Gasteiger partial charge is 0.309 e. The van der Waals surface area contributed by atoms with E-state index in [0.717, 1.165) is 5.69 Å². The van der Waals surface area contributed by atoms with Crippen LogP contribution in [-0.4, -0.2) is 25.3 Å². The molecule has 0 bridgehead atoms. The van der Waals surface area contributed by atoms with Gasteiger partial charge in [0.15, 0.2) is 16.1 Å². The molecule has 0 saturated carbocycles. The number of hydrogen-bond acceptors (Lipinski definition) is 0. The molecule has 2 nitrogen and oxygen atoms in total. The normalized spacial score (nSPS) is 12.5. The molecule has 2 heterocycles. The third-order valence-corrected chi connectivity index (χ3v) is 26.1. The van der Waals surface area contributed by atoms with Crippen LogP contribution in [0.5, 0.6) is 0 Å². The number of nitrogens with zero attached hydrogens (tertiary/aromatic N) is 2. The molecular weight excluding hydrogens is 973 g/mol. The average molecular weight is 1040 g/mol. The Morgan fingerprint density at radius 3 is 0.987 bits per heavy atom. The van der Waals surface area contributed by atoms with Gasteiger partial charge in [-0.25, -0.2) is 0 Å². The van der Waals surface area contributed by atoms with Crippen molar-refractivity contribution >= 4 is 101 Å². The van der Waals surface area contributed by atoms with Gasteiger partial charge in [0.25, 0.3) is 0 Å². The maximum Gasteiger partial charge on any atom is 0.179 e. The van der Waals surface area contributed by atoms with Crippen molar-refractivity contribution in [3.05, 3.63) is 290 Å². The zero-order valence-corrected chi connectivity index (χ0v) is 47.5. The summed E-state index contributed by atoms with van der Waals surface area (Å²) in [7, 11) is -6.34. The van der Waals surface area contributed by atoms with Crippen molar-refractivity contribution in [2.24, 2.45) is 0 Å². The van der Waals surface area contributed by atoms with Crippen LogP contribution in [0.15, 0.2) is 279 Å². The highest BCUT2D eigenvalue weighted by molar-refractivity contribution is 7.22. The van der Waals surface area contributed by atoms with Crippen molar-refractivity contribution in [2.45, 2.75) is 52.4 Å². The number of benzene rings is 11. The van der Waals surface area contributed by atoms with Crippen LogP contribution in [0, 0.1) is 0 Å². The molecule has 0 fully saturated rings. The van der Waals surface area contributed by atoms with E-state index in [0.29, 0.717) is 0 Å². The molecule has 378 valence electrons. The van der Waals surface area contributed by atoms with Gasteiger partial charge in [0.1, 0.15) is 0 Å². The molecule has 0 spiro atoms. The number of hydrogen-bond donors (Lipinski definition) is 0. The Balaban J connectivity index is 1.25. The minimum Gasteiger partial charge on any atom is -0.309 e. The van der Waals surface area contributed by atoms with E-state index in [9.17, 15) is 0 Å². The molecule has 13 aromatic rings. The van der Waals surface area contributed by atoms with Gasteiger partial charge in [-0.15, -0.1) is 0 Å². The van der Waals surface area contributed by atoms with Crippen LogP contribution in [-0.2, 0) is 10.8 Å². The lowest BCUT2D eigenvalue weighted by Gasteiger charge is -2.38. The van der Waals surface area contributed by atoms with Crippen LogP contribution in [0.3, 0.4) is 0 Å². The minimum atomic E-state index is -3.17. The van der Waals surface area contributed by atoms with E-state index < -0.39 is 16.1 Å². The summed E-state index contributed by atoms with van der Waals surface area (Å²) in [6.07, 6.45) is 0. The first kappa shape index (κ1) is 49.1. The number of rotatable bonds is 10. The van der Waals surface area contributed by atoms with Gasteiger partial charge in [0.05, 0.1) is 22.1 Å². The lowest BCUT2D eigenvalue weighted by molar-refractivity contribution is 0.572. The SMILES string of the molecule is CC(C)(C)c1cc(C(C)(C)C)c2c(c1)c1cc(-n3c4ccccc4c4ccccc43)ccc1n2-c1cc([Si](c2ccccc2)(c2ccccc2)c2ccccc2)cc([Si](c2ccccc2)(c2ccccc2)c2ccccc2)c1. The molecule has 0 aliphatic carbocycles. The molecule has 0 aliphatic rings. The first-order chi connectivity index (χ1) is 38.0. The van der Waals surface area contributed by atoms with Crippen LogP contribution in [0.25, 0.3) is 55.0 Å². The van der Waals surface area contributed by atoms with Gasteiger partial charge in [0, 0.05) is 32.9 Å². The van der Waals surface area contributed by atoms with Crippen LogP contribution >= 0.6 is 0 Å². The van der Waals surface area contributed by atoms with E-state index in [4.69, 9.17) is 0 Å². The van der Waals surface area contributed by atoms with E-state index in [1.54, 1.807) is 0 Å². The van der Waals surface area contributed by atoms with Crippen molar-refractivity contribution in [3.8, 4) is 11.4 Å². The standard InChI is InChI=1S/C74H64N2Si2/c1-73(2,3)53-47-67-66-51-54(75-69-43-27-25-41-64(69)65-42-26-28-44-70(65)75)45-46-71(66)76(72(67)68(48-53)74(4,5)6)55-49-62(77(56-29-13-7-14-30-56,57-31-15-8-16-32-57)58-33-17-9-18-34-58)52-63(50-55)78(59-35-19-10-20-36-59,60-37-21-11-22-38-60)61-39-23-12-24-40-61/h7-52H,1-6H3. The quantitative estimate of drug-likeness (QED) is 0.0954. The summed E-state index contributed by atoms with van der Waals surface area (Å²) in [5, 5.41) is 15.8. The number of fused-ring (bicyclic) bond motifs is 6. The molecule has 0 saturated heterocycles. The Kier molecular flexibility index (Phi) is 12.1. The molecule has 0 atom stereocenters. The first-order valence-corrected chi connectivity index (χ1v) is 31.6. The van der Waals surface area contributed by atoms with E-state index in [1.165, 1.54) is 102 Å². The Hall–Kier alpha value is -8.55. The van der Waals surface area contributed by atoms with Gasteiger partial charge in [-0.05, 0) is 112 Å². The second-order valence-corrected chi connectivity index (χ2v) is 30.9. The molecule has 13 rings (SSSR count). The molecule has 0 radical (unpaired) electrons. The van der Waals surface area contributed by atoms with Gasteiger partial charge in [-0.2, -0.15) is 0 Å². The van der Waals surface area contributed by atoms with Crippen molar-refractivity contribution in [1.82, 2.24) is 9.13 Å². The molecule has 0 aliphatic heterocycles. The molecule has 2 aromatic heterocycles. The Bertz CT molecular complexity index is 3910. The van der Waals surface area contributed by atoms with Crippen molar-refractivity contribution in [3.63, 3.8) is 0 Å². The van der Waals surface area contributed by atoms with Crippen molar-refractivity contribution in [2.75, 3.05) is 0 Å². The third kappa shape index (κ3) is 7.88. The fourth-order valence-corrected chi connectivity index (χ4v) is 22.8. The monoisotopic (exact) mass is 1040 g/mol. The molecule has 0 amide bonds. The lowest BCUT2D eigenvalue weighted by atomic mass is 9.79. The molecule has 0 N–H and O–H groups in total. The highest BCUT2D eigenvalue weighted by Crippen LogP contribution is 2.43. The number of aromatic nitrogens is 2. The summed E-state index contributed by atoms with van der Waals surface area (Å²) in [6, 6.07) is 107. The van der Waals surface area contributed by atoms with Crippen LogP contribution in [0.2, 0.25) is 0 Å². The van der Waals surface area contributed by atoms with Crippen LogP contribution in [0.4, 0.5) is 0 Å². The predicted molar refractivity (Wildman–Crippen MR) is 340 cm³/mol. The third-order valence-electron chi connectivity index (χ3n) is 16.6. The summed E-state index contributed by atoms with van der Waals surface area (Å²) >= 11 is 0. The van der Waals surface area contributed by atoms with Gasteiger partial charge in [-0.3, -0.25) is 0 Å². The molecule has 0 unspecified atom stereocenters. The second kappa shape index (κ2) is 19.2. The second-order valence-electron chi connectivity index (χ2n) is 23.3. The smallest absolute Gasteiger partial charge is 0.179 e. The van der Waals surface area contributed by atoms with Gasteiger partial charge in [-0.1, -0.05) is 272 Å². The summed E-state index contributed by atoms with van der Waals surface area (Å²) in [6.45, 7) is 14.3. The van der Waals surface area contributed by atoms with Gasteiger partial charge in [0.2, 0.25) is 0 Å². The molecule has 11 aromatic carbocycles. The highest BCUT2D eigenvalue weighted by atomic mass is 28.3. The zero-order valence-electron chi connectivity index (χ0n) is 45.5. The number of para-hydroxylation sites is 2. The van der Waals surface area contributed by atoms with Crippen molar-refractivity contribution < 1.29 is 0 Å². The maximum atomic E-state index is 2.68.